The fourth-order valence-corrected chi connectivity index (χ4v) is 3.59. The molecule has 0 spiro atoms. The highest BCUT2D eigenvalue weighted by Gasteiger charge is 2.36. The molecule has 0 radical (unpaired) electrons. The molecule has 0 bridgehead atoms. The monoisotopic (exact) mass is 521 g/mol. The number of carbonyl (C=O) groups is 3. The van der Waals surface area contributed by atoms with Crippen molar-refractivity contribution in [3.05, 3.63) is 82.7 Å². The maximum absolute atomic E-state index is 13.4. The number of halogens is 3. The minimum atomic E-state index is -4.75. The third kappa shape index (κ3) is 6.64. The minimum Gasteiger partial charge on any atom is -0.497 e. The Morgan fingerprint density at radius 1 is 1.08 bits per heavy atom. The molecular formula is C24H22F3N3O7. The van der Waals surface area contributed by atoms with Gasteiger partial charge in [0.25, 0.3) is 5.91 Å². The van der Waals surface area contributed by atoms with Crippen LogP contribution in [0, 0.1) is 0 Å². The van der Waals surface area contributed by atoms with Crippen LogP contribution in [0.4, 0.5) is 13.2 Å². The number of aliphatic hydroxyl groups excluding tert-OH is 1. The molecule has 196 valence electrons. The molecule has 0 saturated carbocycles. The summed E-state index contributed by atoms with van der Waals surface area (Å²) < 4.78 is 46.3. The van der Waals surface area contributed by atoms with E-state index in [-0.39, 0.29) is 17.8 Å². The molecule has 4 N–H and O–H groups in total. The molecule has 1 amide bonds. The molecule has 2 aromatic carbocycles. The van der Waals surface area contributed by atoms with E-state index < -0.39 is 53.8 Å². The quantitative estimate of drug-likeness (QED) is 0.318. The van der Waals surface area contributed by atoms with Gasteiger partial charge >= 0.3 is 18.1 Å². The number of benzene rings is 2. The first-order valence-corrected chi connectivity index (χ1v) is 10.7. The molecule has 3 rings (SSSR count). The molecule has 0 aliphatic rings. The number of hydrogen-bond acceptors (Lipinski definition) is 6. The third-order valence-corrected chi connectivity index (χ3v) is 5.44. The van der Waals surface area contributed by atoms with Gasteiger partial charge < -0.3 is 25.4 Å². The molecule has 37 heavy (non-hydrogen) atoms. The van der Waals surface area contributed by atoms with Crippen LogP contribution in [-0.2, 0) is 23.9 Å². The maximum Gasteiger partial charge on any atom is 0.416 e. The predicted octanol–water partition coefficient (Wildman–Crippen LogP) is 2.44. The fourth-order valence-electron chi connectivity index (χ4n) is 3.59. The van der Waals surface area contributed by atoms with Gasteiger partial charge in [-0.05, 0) is 35.7 Å². The number of rotatable bonds is 10. The number of methoxy groups -OCH3 is 1. The van der Waals surface area contributed by atoms with Crippen molar-refractivity contribution in [1.82, 2.24) is 15.1 Å². The molecule has 3 aromatic rings. The second-order valence-corrected chi connectivity index (χ2v) is 7.95. The number of carboxylic acid groups (broad SMARTS) is 2. The largest absolute Gasteiger partial charge is 0.497 e. The highest BCUT2D eigenvalue weighted by Crippen LogP contribution is 2.32. The summed E-state index contributed by atoms with van der Waals surface area (Å²) in [5, 5.41) is 35.0. The molecule has 13 heteroatoms. The standard InChI is InChI=1S/C24H22F3N3O7/c1-37-15-8-6-13(7-9-15)12-30-19(22(33)34)11-18(29-30)21(32)28-17(20(31)23(35)36)10-14-4-2-3-5-16(14)24(25,26)27/h2-9,11,17,20,31H,10,12H2,1H3,(H,28,32)(H,33,34)(H,35,36)/t17-,20-/m1/s1. The van der Waals surface area contributed by atoms with Crippen molar-refractivity contribution < 1.29 is 47.6 Å². The van der Waals surface area contributed by atoms with Crippen LogP contribution in [0.25, 0.3) is 0 Å². The Kier molecular flexibility index (Phi) is 8.17. The summed E-state index contributed by atoms with van der Waals surface area (Å²) in [5.74, 6) is -3.68. The Morgan fingerprint density at radius 3 is 2.30 bits per heavy atom. The fraction of sp³-hybridized carbons (Fsp3) is 0.250. The molecule has 2 atom stereocenters. The van der Waals surface area contributed by atoms with E-state index >= 15 is 0 Å². The van der Waals surface area contributed by atoms with E-state index in [9.17, 15) is 42.9 Å². The average molecular weight is 521 g/mol. The van der Waals surface area contributed by atoms with Gasteiger partial charge in [-0.15, -0.1) is 0 Å². The van der Waals surface area contributed by atoms with Crippen LogP contribution in [0.3, 0.4) is 0 Å². The van der Waals surface area contributed by atoms with Crippen LogP contribution >= 0.6 is 0 Å². The van der Waals surface area contributed by atoms with Crippen LogP contribution in [0.1, 0.15) is 37.7 Å². The van der Waals surface area contributed by atoms with Crippen molar-refractivity contribution in [2.24, 2.45) is 0 Å². The van der Waals surface area contributed by atoms with Gasteiger partial charge in [0.2, 0.25) is 0 Å². The van der Waals surface area contributed by atoms with Crippen molar-refractivity contribution in [2.75, 3.05) is 7.11 Å². The van der Waals surface area contributed by atoms with E-state index in [0.717, 1.165) is 28.9 Å². The molecule has 0 fully saturated rings. The second-order valence-electron chi connectivity index (χ2n) is 7.95. The number of nitrogens with zero attached hydrogens (tertiary/aromatic N) is 2. The molecule has 0 unspecified atom stereocenters. The number of alkyl halides is 3. The Morgan fingerprint density at radius 2 is 1.73 bits per heavy atom. The highest BCUT2D eigenvalue weighted by atomic mass is 19.4. The number of aromatic carboxylic acids is 1. The Balaban J connectivity index is 1.88. The van der Waals surface area contributed by atoms with Gasteiger partial charge in [0.15, 0.2) is 11.8 Å². The number of amides is 1. The number of aliphatic carboxylic acids is 1. The highest BCUT2D eigenvalue weighted by molar-refractivity contribution is 5.96. The summed E-state index contributed by atoms with van der Waals surface area (Å²) in [4.78, 5) is 36.0. The topological polar surface area (TPSA) is 151 Å². The SMILES string of the molecule is COc1ccc(Cn2nc(C(=O)N[C@H](Cc3ccccc3C(F)(F)F)[C@@H](O)C(=O)O)cc2C(=O)O)cc1. The van der Waals surface area contributed by atoms with Crippen molar-refractivity contribution in [3.8, 4) is 5.75 Å². The Hall–Kier alpha value is -4.39. The van der Waals surface area contributed by atoms with E-state index in [1.165, 1.54) is 13.2 Å². The first-order chi connectivity index (χ1) is 17.4. The molecule has 0 aliphatic carbocycles. The van der Waals surface area contributed by atoms with Crippen LogP contribution in [-0.4, -0.2) is 62.2 Å². The number of hydrogen-bond donors (Lipinski definition) is 4. The summed E-state index contributed by atoms with van der Waals surface area (Å²) in [6, 6.07) is 10.2. The van der Waals surface area contributed by atoms with Gasteiger partial charge in [-0.1, -0.05) is 30.3 Å². The summed E-state index contributed by atoms with van der Waals surface area (Å²) in [5.41, 5.74) is -1.57. The zero-order chi connectivity index (χ0) is 27.3. The van der Waals surface area contributed by atoms with Crippen LogP contribution in [0.5, 0.6) is 5.75 Å². The number of ether oxygens (including phenoxy) is 1. The molecule has 0 aliphatic heterocycles. The molecule has 1 heterocycles. The molecule has 0 saturated heterocycles. The molecule has 1 aromatic heterocycles. The summed E-state index contributed by atoms with van der Waals surface area (Å²) in [7, 11) is 1.48. The Bertz CT molecular complexity index is 1290. The zero-order valence-corrected chi connectivity index (χ0v) is 19.3. The van der Waals surface area contributed by atoms with Crippen LogP contribution in [0.15, 0.2) is 54.6 Å². The van der Waals surface area contributed by atoms with Gasteiger partial charge in [-0.25, -0.2) is 9.59 Å². The van der Waals surface area contributed by atoms with Crippen LogP contribution in [0.2, 0.25) is 0 Å². The van der Waals surface area contributed by atoms with Crippen molar-refractivity contribution in [3.63, 3.8) is 0 Å². The zero-order valence-electron chi connectivity index (χ0n) is 19.3. The van der Waals surface area contributed by atoms with Gasteiger partial charge in [0.05, 0.1) is 25.3 Å². The Labute approximate surface area is 207 Å². The van der Waals surface area contributed by atoms with Crippen molar-refractivity contribution in [2.45, 2.75) is 31.3 Å². The number of aliphatic hydroxyl groups is 1. The lowest BCUT2D eigenvalue weighted by atomic mass is 9.96. The maximum atomic E-state index is 13.4. The van der Waals surface area contributed by atoms with Crippen LogP contribution < -0.4 is 10.1 Å². The lowest BCUT2D eigenvalue weighted by Gasteiger charge is -2.23. The third-order valence-electron chi connectivity index (χ3n) is 5.44. The number of carbonyl (C=O) groups excluding carboxylic acids is 1. The normalized spacial score (nSPS) is 13.0. The lowest BCUT2D eigenvalue weighted by Crippen LogP contribution is -2.48. The second kappa shape index (κ2) is 11.1. The van der Waals surface area contributed by atoms with E-state index in [0.29, 0.717) is 11.3 Å². The average Bonchev–Trinajstić information content (AvgIpc) is 3.27. The van der Waals surface area contributed by atoms with Gasteiger partial charge in [0, 0.05) is 6.07 Å². The number of aromatic nitrogens is 2. The first kappa shape index (κ1) is 27.2. The number of nitrogens with one attached hydrogen (secondary N) is 1. The van der Waals surface area contributed by atoms with E-state index in [2.05, 4.69) is 10.4 Å². The van der Waals surface area contributed by atoms with Crippen molar-refractivity contribution in [1.29, 1.82) is 0 Å². The summed E-state index contributed by atoms with van der Waals surface area (Å²) in [6.45, 7) is -0.0426. The van der Waals surface area contributed by atoms with E-state index in [1.807, 2.05) is 0 Å². The number of carboxylic acids is 2. The minimum absolute atomic E-state index is 0.0426. The van der Waals surface area contributed by atoms with Gasteiger partial charge in [-0.2, -0.15) is 18.3 Å². The van der Waals surface area contributed by atoms with Gasteiger partial charge in [-0.3, -0.25) is 9.48 Å². The van der Waals surface area contributed by atoms with Gasteiger partial charge in [0.1, 0.15) is 11.4 Å². The smallest absolute Gasteiger partial charge is 0.416 e. The van der Waals surface area contributed by atoms with Crippen molar-refractivity contribution >= 4 is 17.8 Å². The first-order valence-electron chi connectivity index (χ1n) is 10.7. The summed E-state index contributed by atoms with van der Waals surface area (Å²) in [6.07, 6.45) is -7.69. The molecule has 10 nitrogen and oxygen atoms in total. The van der Waals surface area contributed by atoms with E-state index in [1.54, 1.807) is 24.3 Å². The molecular weight excluding hydrogens is 499 g/mol. The summed E-state index contributed by atoms with van der Waals surface area (Å²) >= 11 is 0. The lowest BCUT2D eigenvalue weighted by molar-refractivity contribution is -0.148. The van der Waals surface area contributed by atoms with E-state index in [4.69, 9.17) is 4.74 Å². The predicted molar refractivity (Wildman–Crippen MR) is 121 cm³/mol.